The Morgan fingerprint density at radius 1 is 0.403 bits per heavy atom. The molecule has 0 fully saturated rings. The lowest BCUT2D eigenvalue weighted by Crippen LogP contribution is -2.25. The molecule has 0 saturated carbocycles. The number of halogens is 10. The first kappa shape index (κ1) is 111. The topological polar surface area (TPSA) is 350 Å². The van der Waals surface area contributed by atoms with Crippen molar-refractivity contribution in [1.29, 1.82) is 31.6 Å². The highest BCUT2D eigenvalue weighted by molar-refractivity contribution is 5.65. The molecule has 24 nitrogen and oxygen atoms in total. The molecule has 2 aliphatic heterocycles. The molecule has 34 heteroatoms. The van der Waals surface area contributed by atoms with Crippen molar-refractivity contribution in [3.05, 3.63) is 374 Å². The zero-order valence-electron chi connectivity index (χ0n) is 81.4. The Bertz CT molecular complexity index is 6700. The van der Waals surface area contributed by atoms with E-state index in [1.54, 1.807) is 75.5 Å². The third kappa shape index (κ3) is 29.8. The smallest absolute Gasteiger partial charge is 0.269 e. The maximum absolute atomic E-state index is 14.0. The number of benzene rings is 8. The summed E-state index contributed by atoms with van der Waals surface area (Å²) in [7, 11) is 3.74. The fraction of sp³-hybridized carbons (Fsp3) is 0.291. The summed E-state index contributed by atoms with van der Waals surface area (Å²) in [6.45, 7) is 23.4. The number of hydrogen-bond donors (Lipinski definition) is 2. The molecule has 0 saturated heterocycles. The van der Waals surface area contributed by atoms with Gasteiger partial charge in [-0.25, -0.2) is 43.9 Å². The Morgan fingerprint density at radius 3 is 1.01 bits per heavy atom. The minimum Gasteiger partial charge on any atom is -0.480 e. The van der Waals surface area contributed by atoms with Crippen molar-refractivity contribution in [2.75, 3.05) is 86.2 Å². The van der Waals surface area contributed by atoms with Crippen LogP contribution in [0, 0.1) is 157 Å². The van der Waals surface area contributed by atoms with Crippen LogP contribution in [0.1, 0.15) is 130 Å². The van der Waals surface area contributed by atoms with Crippen LogP contribution in [-0.4, -0.2) is 97.8 Å². The van der Waals surface area contributed by atoms with Crippen LogP contribution in [0.4, 0.5) is 101 Å². The summed E-state index contributed by atoms with van der Waals surface area (Å²) >= 11 is 0. The summed E-state index contributed by atoms with van der Waals surface area (Å²) in [6, 6.07) is 53.2. The van der Waals surface area contributed by atoms with E-state index < -0.39 is 90.3 Å². The molecule has 8 aromatic rings. The Hall–Kier alpha value is -16.4. The number of ether oxygens (including phenoxy) is 2. The van der Waals surface area contributed by atoms with Crippen LogP contribution in [0.2, 0.25) is 0 Å². The molecule has 144 heavy (non-hydrogen) atoms. The van der Waals surface area contributed by atoms with Gasteiger partial charge in [0.2, 0.25) is 11.6 Å². The number of nitro benzene ring substituents is 2. The Kier molecular flexibility index (Phi) is 39.5. The molecule has 2 heterocycles. The van der Waals surface area contributed by atoms with Crippen molar-refractivity contribution in [3.63, 3.8) is 0 Å². The average Bonchev–Trinajstić information content (AvgIpc) is 1.60. The highest BCUT2D eigenvalue weighted by Crippen LogP contribution is 2.45. The Labute approximate surface area is 829 Å². The quantitative estimate of drug-likeness (QED) is 0.00752. The third-order valence-electron chi connectivity index (χ3n) is 23.5. The minimum absolute atomic E-state index is 0.00135. The molecule has 2 aliphatic carbocycles. The van der Waals surface area contributed by atoms with Gasteiger partial charge in [0.15, 0.2) is 69.2 Å². The lowest BCUT2D eigenvalue weighted by Gasteiger charge is -2.30. The predicted molar refractivity (Wildman–Crippen MR) is 533 cm³/mol. The zero-order chi connectivity index (χ0) is 106. The van der Waals surface area contributed by atoms with Gasteiger partial charge in [0.05, 0.1) is 45.8 Å². The van der Waals surface area contributed by atoms with E-state index in [-0.39, 0.29) is 94.9 Å². The number of azo groups is 2. The second-order valence-electron chi connectivity index (χ2n) is 36.1. The summed E-state index contributed by atoms with van der Waals surface area (Å²) in [5, 5.41) is 112. The van der Waals surface area contributed by atoms with E-state index in [0.717, 1.165) is 77.3 Å². The fourth-order valence-corrected chi connectivity index (χ4v) is 16.2. The van der Waals surface area contributed by atoms with Crippen molar-refractivity contribution in [3.8, 4) is 36.4 Å². The van der Waals surface area contributed by atoms with Crippen LogP contribution in [0.25, 0.3) is 12.2 Å². The van der Waals surface area contributed by atoms with E-state index in [1.807, 2.05) is 140 Å². The van der Waals surface area contributed by atoms with E-state index in [4.69, 9.17) is 19.7 Å². The van der Waals surface area contributed by atoms with E-state index in [0.29, 0.717) is 66.6 Å². The number of non-ortho nitro benzene ring substituents is 2. The number of nitrogens with zero attached hydrogens (tertiary/aromatic N) is 16. The van der Waals surface area contributed by atoms with Crippen LogP contribution in [0.15, 0.2) is 294 Å². The minimum atomic E-state index is -2.17. The number of rotatable bonds is 32. The monoisotopic (exact) mass is 1970 g/mol. The highest BCUT2D eigenvalue weighted by atomic mass is 19.2. The predicted octanol–water partition coefficient (Wildman–Crippen LogP) is 26.9. The van der Waals surface area contributed by atoms with E-state index in [2.05, 4.69) is 126 Å². The first-order chi connectivity index (χ1) is 68.5. The second-order valence-corrected chi connectivity index (χ2v) is 36.1. The first-order valence-electron chi connectivity index (χ1n) is 45.7. The molecule has 0 unspecified atom stereocenters. The summed E-state index contributed by atoms with van der Waals surface area (Å²) in [6.07, 6.45) is 27.4. The zero-order valence-corrected chi connectivity index (χ0v) is 81.4. The van der Waals surface area contributed by atoms with Crippen LogP contribution in [0.5, 0.6) is 0 Å². The molecule has 8 aromatic carbocycles. The average molecular weight is 1970 g/mol. The first-order valence-corrected chi connectivity index (χ1v) is 45.7. The van der Waals surface area contributed by atoms with E-state index in [1.165, 1.54) is 47.5 Å². The largest absolute Gasteiger partial charge is 0.480 e. The normalized spacial score (nSPS) is 15.4. The number of nitriles is 6. The van der Waals surface area contributed by atoms with Gasteiger partial charge in [-0.2, -0.15) is 52.0 Å². The molecule has 0 spiro atoms. The summed E-state index contributed by atoms with van der Waals surface area (Å²) in [4.78, 5) is 28.1. The van der Waals surface area contributed by atoms with Crippen molar-refractivity contribution in [1.82, 2.24) is 0 Å². The number of likely N-dealkylation sites (N-methyl/N-ethyl adjacent to an activating group) is 2. The van der Waals surface area contributed by atoms with E-state index in [9.17, 15) is 95.7 Å². The standard InChI is InChI=1S/C39H35F5N4O.C32H34N4O2.C23H19F5N4O2.C16H18N4O3/c1-38(2)19-25(8-6-10-31-30(23-47)37(27(21-45)22-46)49-39(31,3)4)18-26(20-38)12-11-24-13-15-28(16-14-24)48(5)17-7-9-29-32(40)34(42)36(44)35(43)33(29)41;1-31(2)18-24(7-6-8-29-28(22-35)30(26(20-33)21-34)38-32(29,3)4)17-25(19-31)10-9-23-11-13-27(14-12-23)36(5)15-16-37;1-2-31(13-3-4-18-19(24)21(26)23(28)22(27)20(18)25)16-9-5-14(6-10-16)29-30-15-7-11-17(12-8-15)32(33)34;1-2-19(11-12-21)15-7-3-13(4-8-15)17-18-14-5-9-16(10-6-14)20(22)23/h6,8,10-16,18H,7,9,17,19-20H2,1-5H3;6-14,17,37H,15-16,18-19H2,1-5H3;5-12H,2-4,13H2,1H3;3-10,21H,2,11-12H2,1H3/b10-6+,12-11+,25-8-;8-6+,10-9+,24-7-;;. The Morgan fingerprint density at radius 2 is 0.701 bits per heavy atom. The van der Waals surface area contributed by atoms with E-state index >= 15 is 0 Å². The molecular formula is C110H106F10N16O8. The van der Waals surface area contributed by atoms with Crippen molar-refractivity contribution in [2.45, 2.75) is 132 Å². The van der Waals surface area contributed by atoms with Crippen molar-refractivity contribution >= 4 is 69.0 Å². The van der Waals surface area contributed by atoms with Gasteiger partial charge in [-0.1, -0.05) is 125 Å². The third-order valence-corrected chi connectivity index (χ3v) is 23.5. The number of anilines is 4. The van der Waals surface area contributed by atoms with Gasteiger partial charge in [-0.3, -0.25) is 20.2 Å². The molecule has 0 amide bonds. The summed E-state index contributed by atoms with van der Waals surface area (Å²) < 4.78 is 148. The van der Waals surface area contributed by atoms with Gasteiger partial charge < -0.3 is 39.3 Å². The molecular weight excluding hydrogens is 1860 g/mol. The molecule has 0 bridgehead atoms. The van der Waals surface area contributed by atoms with Gasteiger partial charge in [0.25, 0.3) is 11.4 Å². The molecule has 0 radical (unpaired) electrons. The number of nitro groups is 2. The summed E-state index contributed by atoms with van der Waals surface area (Å²) in [5.41, 5.74) is 10.5. The lowest BCUT2D eigenvalue weighted by atomic mass is 9.75. The fourth-order valence-electron chi connectivity index (χ4n) is 16.2. The second kappa shape index (κ2) is 51.1. The summed E-state index contributed by atoms with van der Waals surface area (Å²) in [5.74, 6) is -19.2. The molecule has 0 atom stereocenters. The van der Waals surface area contributed by atoms with Crippen LogP contribution in [-0.2, 0) is 22.3 Å². The van der Waals surface area contributed by atoms with Gasteiger partial charge >= 0.3 is 0 Å². The highest BCUT2D eigenvalue weighted by Gasteiger charge is 2.41. The van der Waals surface area contributed by atoms with Gasteiger partial charge in [-0.15, -0.1) is 0 Å². The maximum atomic E-state index is 14.0. The molecule has 2 N–H and O–H groups in total. The molecule has 744 valence electrons. The molecule has 4 aliphatic rings. The van der Waals surface area contributed by atoms with Gasteiger partial charge in [-0.05, 0) is 234 Å². The number of aliphatic hydroxyl groups is 2. The molecule has 0 aromatic heterocycles. The van der Waals surface area contributed by atoms with Gasteiger partial charge in [0.1, 0.15) is 58.8 Å². The Balaban J connectivity index is 0.000000220. The molecule has 12 rings (SSSR count). The lowest BCUT2D eigenvalue weighted by molar-refractivity contribution is -0.385. The van der Waals surface area contributed by atoms with Crippen LogP contribution < -0.4 is 19.6 Å². The number of allylic oxidation sites excluding steroid dienone is 16. The number of hydrogen-bond acceptors (Lipinski definition) is 22. The van der Waals surface area contributed by atoms with Gasteiger partial charge in [0, 0.05) is 123 Å². The van der Waals surface area contributed by atoms with Crippen LogP contribution >= 0.6 is 0 Å². The van der Waals surface area contributed by atoms with Crippen LogP contribution in [0.3, 0.4) is 0 Å². The van der Waals surface area contributed by atoms with Crippen molar-refractivity contribution < 1.29 is 73.4 Å². The van der Waals surface area contributed by atoms with Crippen molar-refractivity contribution in [2.24, 2.45) is 31.3 Å². The maximum Gasteiger partial charge on any atom is 0.269 e. The SMILES string of the molecule is CCN(CCCc1c(F)c(F)c(F)c(F)c1F)c1ccc(N=Nc2ccc([N+](=O)[O-])cc2)cc1.CCN(CCO)c1ccc(N=Nc2ccc([N+](=O)[O-])cc2)cc1.CN(CCCc1c(F)c(F)c(F)c(F)c1F)c1ccc(/C=C/C2=CC(=C/C=C/C3=C(C#N)C(=C(C#N)C#N)OC3(C)C)/CC(C)(C)C2)cc1.CN(CCO)c1ccc(/C=C/C2=CC(=C/C=C/C3=C(C#N)C(=C(C#N)C#N)OC3(C)C)/CC(C)(C)C2)cc1. The number of aliphatic hydroxyl groups excluding tert-OH is 2.